The Balaban J connectivity index is 2.45. The molecule has 0 aliphatic carbocycles. The first-order chi connectivity index (χ1) is 9.25. The Kier molecular flexibility index (Phi) is 5.30. The van der Waals surface area contributed by atoms with Gasteiger partial charge in [0.05, 0.1) is 18.2 Å². The zero-order chi connectivity index (χ0) is 15.3. The molecule has 0 fully saturated rings. The summed E-state index contributed by atoms with van der Waals surface area (Å²) in [5.41, 5.74) is 0.0291. The summed E-state index contributed by atoms with van der Waals surface area (Å²) in [6.07, 6.45) is 3.63. The third kappa shape index (κ3) is 4.08. The van der Waals surface area contributed by atoms with Crippen molar-refractivity contribution >= 4 is 11.9 Å². The number of carbonyl (C=O) groups is 2. The zero-order valence-corrected chi connectivity index (χ0v) is 12.5. The standard InChI is InChI=1S/C14H23N3O3/c1-10(2)14(4,13(19)20)7-12(18)15-5-6-17-9-11(3)8-16-17/h8-10H,5-7H2,1-4H3,(H,15,18)(H,19,20). The van der Waals surface area contributed by atoms with Crippen LogP contribution < -0.4 is 5.32 Å². The number of carboxylic acids is 1. The van der Waals surface area contributed by atoms with E-state index < -0.39 is 11.4 Å². The van der Waals surface area contributed by atoms with Crippen LogP contribution in [0.3, 0.4) is 0 Å². The number of nitrogens with one attached hydrogen (secondary N) is 1. The van der Waals surface area contributed by atoms with Crippen molar-refractivity contribution in [2.45, 2.75) is 40.7 Å². The summed E-state index contributed by atoms with van der Waals surface area (Å²) in [7, 11) is 0. The predicted octanol–water partition coefficient (Wildman–Crippen LogP) is 1.44. The van der Waals surface area contributed by atoms with Gasteiger partial charge in [0.15, 0.2) is 0 Å². The molecule has 0 radical (unpaired) electrons. The molecule has 2 N–H and O–H groups in total. The number of aliphatic carboxylic acids is 1. The average molecular weight is 281 g/mol. The largest absolute Gasteiger partial charge is 0.481 e. The third-order valence-corrected chi connectivity index (χ3v) is 3.72. The lowest BCUT2D eigenvalue weighted by Gasteiger charge is -2.28. The Bertz CT molecular complexity index is 482. The molecule has 1 heterocycles. The summed E-state index contributed by atoms with van der Waals surface area (Å²) >= 11 is 0. The fourth-order valence-corrected chi connectivity index (χ4v) is 1.82. The van der Waals surface area contributed by atoms with Gasteiger partial charge in [-0.15, -0.1) is 0 Å². The second-order valence-corrected chi connectivity index (χ2v) is 5.68. The minimum absolute atomic E-state index is 0.0157. The molecule has 1 rings (SSSR count). The summed E-state index contributed by atoms with van der Waals surface area (Å²) in [6, 6.07) is 0. The number of amides is 1. The molecule has 1 aromatic heterocycles. The van der Waals surface area contributed by atoms with Crippen LogP contribution in [0.25, 0.3) is 0 Å². The van der Waals surface area contributed by atoms with E-state index in [1.165, 1.54) is 0 Å². The Labute approximate surface area is 119 Å². The number of carboxylic acid groups (broad SMARTS) is 1. The molecule has 0 aliphatic heterocycles. The molecule has 112 valence electrons. The normalized spacial score (nSPS) is 14.1. The molecule has 0 aromatic carbocycles. The van der Waals surface area contributed by atoms with Crippen LogP contribution in [0.5, 0.6) is 0 Å². The molecule has 0 aliphatic rings. The summed E-state index contributed by atoms with van der Waals surface area (Å²) in [4.78, 5) is 23.2. The van der Waals surface area contributed by atoms with Gasteiger partial charge < -0.3 is 10.4 Å². The van der Waals surface area contributed by atoms with E-state index in [9.17, 15) is 14.7 Å². The van der Waals surface area contributed by atoms with Gasteiger partial charge in [-0.25, -0.2) is 0 Å². The van der Waals surface area contributed by atoms with Crippen molar-refractivity contribution in [3.8, 4) is 0 Å². The van der Waals surface area contributed by atoms with Gasteiger partial charge in [0.1, 0.15) is 0 Å². The van der Waals surface area contributed by atoms with Crippen LogP contribution in [-0.4, -0.2) is 33.3 Å². The van der Waals surface area contributed by atoms with E-state index in [1.807, 2.05) is 27.0 Å². The number of rotatable bonds is 7. The minimum Gasteiger partial charge on any atom is -0.481 e. The van der Waals surface area contributed by atoms with Crippen molar-refractivity contribution in [2.75, 3.05) is 6.54 Å². The molecule has 20 heavy (non-hydrogen) atoms. The highest BCUT2D eigenvalue weighted by molar-refractivity contribution is 5.84. The van der Waals surface area contributed by atoms with Gasteiger partial charge in [-0.05, 0) is 25.3 Å². The fourth-order valence-electron chi connectivity index (χ4n) is 1.82. The van der Waals surface area contributed by atoms with Gasteiger partial charge in [0.2, 0.25) is 5.91 Å². The van der Waals surface area contributed by atoms with Crippen molar-refractivity contribution in [3.05, 3.63) is 18.0 Å². The zero-order valence-electron chi connectivity index (χ0n) is 12.5. The van der Waals surface area contributed by atoms with Crippen molar-refractivity contribution < 1.29 is 14.7 Å². The molecule has 0 bridgehead atoms. The summed E-state index contributed by atoms with van der Waals surface area (Å²) in [5, 5.41) is 16.1. The van der Waals surface area contributed by atoms with Crippen LogP contribution >= 0.6 is 0 Å². The highest BCUT2D eigenvalue weighted by Gasteiger charge is 2.38. The molecule has 6 heteroatoms. The molecule has 0 saturated carbocycles. The smallest absolute Gasteiger partial charge is 0.310 e. The van der Waals surface area contributed by atoms with Crippen LogP contribution in [-0.2, 0) is 16.1 Å². The van der Waals surface area contributed by atoms with Crippen molar-refractivity contribution in [1.29, 1.82) is 0 Å². The third-order valence-electron chi connectivity index (χ3n) is 3.72. The Hall–Kier alpha value is -1.85. The Morgan fingerprint density at radius 2 is 2.15 bits per heavy atom. The van der Waals surface area contributed by atoms with Gasteiger partial charge in [-0.2, -0.15) is 5.10 Å². The topological polar surface area (TPSA) is 84.2 Å². The van der Waals surface area contributed by atoms with Crippen LogP contribution in [0, 0.1) is 18.3 Å². The summed E-state index contributed by atoms with van der Waals surface area (Å²) in [6.45, 7) is 8.19. The molecular weight excluding hydrogens is 258 g/mol. The Morgan fingerprint density at radius 1 is 1.50 bits per heavy atom. The van der Waals surface area contributed by atoms with Crippen molar-refractivity contribution in [2.24, 2.45) is 11.3 Å². The first-order valence-corrected chi connectivity index (χ1v) is 6.75. The first kappa shape index (κ1) is 16.2. The van der Waals surface area contributed by atoms with E-state index in [0.717, 1.165) is 5.56 Å². The van der Waals surface area contributed by atoms with E-state index in [4.69, 9.17) is 0 Å². The molecule has 1 amide bonds. The molecule has 1 atom stereocenters. The average Bonchev–Trinajstić information content (AvgIpc) is 2.74. The molecule has 1 unspecified atom stereocenters. The molecule has 6 nitrogen and oxygen atoms in total. The highest BCUT2D eigenvalue weighted by atomic mass is 16.4. The molecule has 0 saturated heterocycles. The van der Waals surface area contributed by atoms with Crippen LogP contribution in [0.1, 0.15) is 32.8 Å². The van der Waals surface area contributed by atoms with E-state index in [-0.39, 0.29) is 18.2 Å². The van der Waals surface area contributed by atoms with Crippen molar-refractivity contribution in [1.82, 2.24) is 15.1 Å². The van der Waals surface area contributed by atoms with Crippen molar-refractivity contribution in [3.63, 3.8) is 0 Å². The lowest BCUT2D eigenvalue weighted by atomic mass is 9.76. The number of carbonyl (C=O) groups excluding carboxylic acids is 1. The second-order valence-electron chi connectivity index (χ2n) is 5.68. The monoisotopic (exact) mass is 281 g/mol. The minimum atomic E-state index is -1.04. The second kappa shape index (κ2) is 6.54. The number of hydrogen-bond acceptors (Lipinski definition) is 3. The molecular formula is C14H23N3O3. The summed E-state index contributed by atoms with van der Waals surface area (Å²) < 4.78 is 1.74. The van der Waals surface area contributed by atoms with Gasteiger partial charge in [-0.1, -0.05) is 13.8 Å². The molecule has 1 aromatic rings. The van der Waals surface area contributed by atoms with E-state index >= 15 is 0 Å². The van der Waals surface area contributed by atoms with Crippen LogP contribution in [0.4, 0.5) is 0 Å². The predicted molar refractivity (Wildman–Crippen MR) is 75.2 cm³/mol. The highest BCUT2D eigenvalue weighted by Crippen LogP contribution is 2.31. The lowest BCUT2D eigenvalue weighted by molar-refractivity contribution is -0.153. The summed E-state index contributed by atoms with van der Waals surface area (Å²) in [5.74, 6) is -1.29. The fraction of sp³-hybridized carbons (Fsp3) is 0.643. The van der Waals surface area contributed by atoms with Gasteiger partial charge in [0.25, 0.3) is 0 Å². The quantitative estimate of drug-likeness (QED) is 0.792. The maximum atomic E-state index is 11.9. The maximum Gasteiger partial charge on any atom is 0.310 e. The lowest BCUT2D eigenvalue weighted by Crippen LogP contribution is -2.39. The maximum absolute atomic E-state index is 11.9. The van der Waals surface area contributed by atoms with E-state index in [0.29, 0.717) is 13.1 Å². The Morgan fingerprint density at radius 3 is 2.60 bits per heavy atom. The van der Waals surface area contributed by atoms with Crippen LogP contribution in [0.2, 0.25) is 0 Å². The van der Waals surface area contributed by atoms with E-state index in [1.54, 1.807) is 17.8 Å². The SMILES string of the molecule is Cc1cnn(CCNC(=O)CC(C)(C(=O)O)C(C)C)c1. The number of hydrogen-bond donors (Lipinski definition) is 2. The van der Waals surface area contributed by atoms with Gasteiger partial charge in [-0.3, -0.25) is 14.3 Å². The van der Waals surface area contributed by atoms with E-state index in [2.05, 4.69) is 10.4 Å². The van der Waals surface area contributed by atoms with Crippen LogP contribution in [0.15, 0.2) is 12.4 Å². The van der Waals surface area contributed by atoms with Gasteiger partial charge in [0, 0.05) is 19.2 Å². The number of nitrogens with zero attached hydrogens (tertiary/aromatic N) is 2. The van der Waals surface area contributed by atoms with Gasteiger partial charge >= 0.3 is 5.97 Å². The number of aromatic nitrogens is 2. The number of aryl methyl sites for hydroxylation is 1. The molecule has 0 spiro atoms. The first-order valence-electron chi connectivity index (χ1n) is 6.75.